The predicted octanol–water partition coefficient (Wildman–Crippen LogP) is 2.41. The van der Waals surface area contributed by atoms with Crippen molar-refractivity contribution in [3.8, 4) is 17.3 Å². The minimum atomic E-state index is -3.37. The number of nitrogens with zero attached hydrogens (tertiary/aromatic N) is 3. The fourth-order valence-corrected chi connectivity index (χ4v) is 4.63. The van der Waals surface area contributed by atoms with Crippen LogP contribution in [0.1, 0.15) is 24.7 Å². The van der Waals surface area contributed by atoms with Crippen LogP contribution >= 0.6 is 15.9 Å². The van der Waals surface area contributed by atoms with Gasteiger partial charge in [0, 0.05) is 17.3 Å². The Bertz CT molecular complexity index is 1160. The maximum Gasteiger partial charge on any atom is 0.407 e. The van der Waals surface area contributed by atoms with Gasteiger partial charge in [-0.1, -0.05) is 28.1 Å². The van der Waals surface area contributed by atoms with E-state index in [1.165, 1.54) is 4.90 Å². The molecule has 1 aliphatic heterocycles. The lowest BCUT2D eigenvalue weighted by atomic mass is 10.1. The number of hydrogen-bond donors (Lipinski definition) is 2. The number of hydrogen-bond acceptors (Lipinski definition) is 7. The van der Waals surface area contributed by atoms with E-state index in [2.05, 4.69) is 42.0 Å². The predicted molar refractivity (Wildman–Crippen MR) is 124 cm³/mol. The summed E-state index contributed by atoms with van der Waals surface area (Å²) in [4.78, 5) is 34.3. The highest BCUT2D eigenvalue weighted by atomic mass is 79.9. The molecule has 0 spiro atoms. The van der Waals surface area contributed by atoms with Gasteiger partial charge >= 0.3 is 6.09 Å². The monoisotopic (exact) mass is 537 g/mol. The number of benzene rings is 1. The van der Waals surface area contributed by atoms with Crippen LogP contribution < -0.4 is 5.32 Å². The molecule has 0 bridgehead atoms. The maximum atomic E-state index is 13.4. The molecule has 2 heterocycles. The summed E-state index contributed by atoms with van der Waals surface area (Å²) in [5.74, 6) is -0.691. The van der Waals surface area contributed by atoms with Crippen LogP contribution in [0, 0.1) is 17.2 Å². The fraction of sp³-hybridized carbons (Fsp3) is 0.429. The van der Waals surface area contributed by atoms with Crippen molar-refractivity contribution in [3.05, 3.63) is 40.8 Å². The molecular weight excluding hydrogens is 514 g/mol. The SMILES string of the molecule is COC(=O)NC(CCS(C)(=O)=O)C(=O)N1C[C@@H](C#N)C[C@H]1c1ncc(-c2ccc(Br)cc2)[nH]1. The number of carbonyl (C=O) groups is 2. The Morgan fingerprint density at radius 1 is 1.39 bits per heavy atom. The quantitative estimate of drug-likeness (QED) is 0.551. The van der Waals surface area contributed by atoms with Crippen molar-refractivity contribution in [2.24, 2.45) is 5.92 Å². The molecule has 1 aromatic carbocycles. The molecule has 2 amide bonds. The second-order valence-electron chi connectivity index (χ2n) is 7.86. The molecular formula is C21H24BrN5O5S. The Morgan fingerprint density at radius 3 is 2.70 bits per heavy atom. The van der Waals surface area contributed by atoms with Crippen LogP contribution in [0.4, 0.5) is 4.79 Å². The number of sulfone groups is 1. The number of methoxy groups -OCH3 is 1. The van der Waals surface area contributed by atoms with Crippen molar-refractivity contribution >= 4 is 37.8 Å². The number of halogens is 1. The van der Waals surface area contributed by atoms with Gasteiger partial charge in [-0.05, 0) is 30.5 Å². The van der Waals surface area contributed by atoms with Crippen LogP contribution in [0.25, 0.3) is 11.3 Å². The number of alkyl carbamates (subject to hydrolysis) is 1. The number of nitrogens with one attached hydrogen (secondary N) is 2. The Morgan fingerprint density at radius 2 is 2.09 bits per heavy atom. The molecule has 1 aliphatic rings. The molecule has 2 N–H and O–H groups in total. The van der Waals surface area contributed by atoms with E-state index in [0.717, 1.165) is 29.1 Å². The van der Waals surface area contributed by atoms with Crippen LogP contribution in [-0.4, -0.2) is 67.0 Å². The van der Waals surface area contributed by atoms with Gasteiger partial charge in [0.2, 0.25) is 5.91 Å². The number of likely N-dealkylation sites (tertiary alicyclic amines) is 1. The first-order valence-corrected chi connectivity index (χ1v) is 13.0. The van der Waals surface area contributed by atoms with Crippen LogP contribution in [0.3, 0.4) is 0 Å². The van der Waals surface area contributed by atoms with Gasteiger partial charge in [-0.25, -0.2) is 18.2 Å². The van der Waals surface area contributed by atoms with Gasteiger partial charge in [0.25, 0.3) is 0 Å². The zero-order chi connectivity index (χ0) is 24.2. The summed E-state index contributed by atoms with van der Waals surface area (Å²) in [6, 6.07) is 8.18. The van der Waals surface area contributed by atoms with Gasteiger partial charge in [0.05, 0.1) is 42.8 Å². The zero-order valence-electron chi connectivity index (χ0n) is 18.1. The van der Waals surface area contributed by atoms with Crippen LogP contribution in [0.15, 0.2) is 34.9 Å². The van der Waals surface area contributed by atoms with E-state index < -0.39 is 39.8 Å². The third-order valence-electron chi connectivity index (χ3n) is 5.39. The molecule has 1 unspecified atom stereocenters. The van der Waals surface area contributed by atoms with Crippen LogP contribution in [0.5, 0.6) is 0 Å². The van der Waals surface area contributed by atoms with Gasteiger partial charge in [-0.2, -0.15) is 5.26 Å². The number of aromatic nitrogens is 2. The topological polar surface area (TPSA) is 145 Å². The van der Waals surface area contributed by atoms with E-state index in [1.54, 1.807) is 6.20 Å². The number of ether oxygens (including phenoxy) is 1. The summed E-state index contributed by atoms with van der Waals surface area (Å²) in [6.07, 6.45) is 2.13. The van der Waals surface area contributed by atoms with Crippen molar-refractivity contribution < 1.29 is 22.7 Å². The van der Waals surface area contributed by atoms with Gasteiger partial charge < -0.3 is 19.9 Å². The van der Waals surface area contributed by atoms with Crippen molar-refractivity contribution in [1.29, 1.82) is 5.26 Å². The van der Waals surface area contributed by atoms with Crippen LogP contribution in [0.2, 0.25) is 0 Å². The third-order valence-corrected chi connectivity index (χ3v) is 6.89. The molecule has 0 radical (unpaired) electrons. The standard InChI is InChI=1S/C21H24BrN5O5S/c1-32-21(29)26-16(7-8-33(2,30)31)20(28)27-12-13(10-23)9-18(27)19-24-11-17(25-19)14-3-5-15(22)6-4-14/h3-6,11,13,16,18H,7-9,12H2,1-2H3,(H,24,25)(H,26,29)/t13-,16?,18+/m1/s1. The summed E-state index contributed by atoms with van der Waals surface area (Å²) in [7, 11) is -2.21. The Balaban J connectivity index is 1.87. The Kier molecular flexibility index (Phi) is 7.76. The first kappa shape index (κ1) is 24.7. The number of nitriles is 1. The summed E-state index contributed by atoms with van der Waals surface area (Å²) in [5.41, 5.74) is 1.66. The number of amides is 2. The van der Waals surface area contributed by atoms with Gasteiger partial charge in [-0.3, -0.25) is 4.79 Å². The highest BCUT2D eigenvalue weighted by Crippen LogP contribution is 2.35. The lowest BCUT2D eigenvalue weighted by molar-refractivity contribution is -0.134. The van der Waals surface area contributed by atoms with E-state index in [9.17, 15) is 23.3 Å². The zero-order valence-corrected chi connectivity index (χ0v) is 20.5. The first-order chi connectivity index (χ1) is 15.6. The molecule has 10 nitrogen and oxygen atoms in total. The third kappa shape index (κ3) is 6.33. The minimum Gasteiger partial charge on any atom is -0.453 e. The first-order valence-electron chi connectivity index (χ1n) is 10.1. The molecule has 1 aromatic heterocycles. The van der Waals surface area contributed by atoms with E-state index in [4.69, 9.17) is 0 Å². The normalized spacial score (nSPS) is 19.0. The maximum absolute atomic E-state index is 13.4. The van der Waals surface area contributed by atoms with Gasteiger partial charge in [-0.15, -0.1) is 0 Å². The molecule has 3 atom stereocenters. The molecule has 33 heavy (non-hydrogen) atoms. The second-order valence-corrected chi connectivity index (χ2v) is 11.0. The molecule has 176 valence electrons. The number of aromatic amines is 1. The highest BCUT2D eigenvalue weighted by Gasteiger charge is 2.41. The van der Waals surface area contributed by atoms with Gasteiger partial charge in [0.15, 0.2) is 0 Å². The number of carbonyl (C=O) groups excluding carboxylic acids is 2. The highest BCUT2D eigenvalue weighted by molar-refractivity contribution is 9.10. The van der Waals surface area contributed by atoms with E-state index >= 15 is 0 Å². The molecule has 1 fully saturated rings. The van der Waals surface area contributed by atoms with Crippen molar-refractivity contribution in [2.45, 2.75) is 24.9 Å². The van der Waals surface area contributed by atoms with Crippen molar-refractivity contribution in [1.82, 2.24) is 20.2 Å². The summed E-state index contributed by atoms with van der Waals surface area (Å²) in [6.45, 7) is 0.145. The van der Waals surface area contributed by atoms with E-state index in [-0.39, 0.29) is 18.7 Å². The summed E-state index contributed by atoms with van der Waals surface area (Å²) >= 11 is 3.40. The summed E-state index contributed by atoms with van der Waals surface area (Å²) < 4.78 is 28.8. The van der Waals surface area contributed by atoms with Crippen molar-refractivity contribution in [2.75, 3.05) is 25.7 Å². The second kappa shape index (κ2) is 10.4. The van der Waals surface area contributed by atoms with Gasteiger partial charge in [0.1, 0.15) is 21.7 Å². The number of H-pyrrole nitrogens is 1. The Hall–Kier alpha value is -2.91. The average molecular weight is 538 g/mol. The molecule has 3 rings (SSSR count). The van der Waals surface area contributed by atoms with E-state index in [0.29, 0.717) is 12.2 Å². The minimum absolute atomic E-state index is 0.116. The lowest BCUT2D eigenvalue weighted by Crippen LogP contribution is -2.49. The molecule has 0 aliphatic carbocycles. The fourth-order valence-electron chi connectivity index (χ4n) is 3.71. The molecule has 1 saturated heterocycles. The number of rotatable bonds is 7. The largest absolute Gasteiger partial charge is 0.453 e. The smallest absolute Gasteiger partial charge is 0.407 e. The van der Waals surface area contributed by atoms with Crippen LogP contribution in [-0.2, 0) is 19.4 Å². The molecule has 2 aromatic rings. The van der Waals surface area contributed by atoms with E-state index in [1.807, 2.05) is 24.3 Å². The average Bonchev–Trinajstić information content (AvgIpc) is 3.43. The summed E-state index contributed by atoms with van der Waals surface area (Å²) in [5, 5.41) is 11.9. The molecule has 12 heteroatoms. The molecule has 0 saturated carbocycles. The van der Waals surface area contributed by atoms with Crippen molar-refractivity contribution in [3.63, 3.8) is 0 Å². The lowest BCUT2D eigenvalue weighted by Gasteiger charge is -2.28. The number of imidazole rings is 1. The Labute approximate surface area is 200 Å².